The summed E-state index contributed by atoms with van der Waals surface area (Å²) in [6.45, 7) is 19.5. The van der Waals surface area contributed by atoms with E-state index in [-0.39, 0.29) is 27.9 Å². The third-order valence-corrected chi connectivity index (χ3v) is 10.1. The van der Waals surface area contributed by atoms with Crippen LogP contribution in [0.5, 0.6) is 0 Å². The normalized spacial score (nSPS) is 12.4. The van der Waals surface area contributed by atoms with Gasteiger partial charge in [0.25, 0.3) is 11.8 Å². The van der Waals surface area contributed by atoms with Crippen LogP contribution in [0, 0.1) is 0 Å². The molecular weight excluding hydrogens is 768 g/mol. The van der Waals surface area contributed by atoms with Gasteiger partial charge in [-0.1, -0.05) is 19.6 Å². The van der Waals surface area contributed by atoms with Crippen molar-refractivity contribution < 1.29 is 22.7 Å². The number of sulfone groups is 1. The van der Waals surface area contributed by atoms with Gasteiger partial charge in [0.05, 0.1) is 23.5 Å². The highest BCUT2D eigenvalue weighted by molar-refractivity contribution is 9.10. The van der Waals surface area contributed by atoms with E-state index in [1.807, 2.05) is 46.1 Å². The number of carbonyl (C=O) groups excluding carboxylic acids is 2. The molecule has 280 valence electrons. The highest BCUT2D eigenvalue weighted by Gasteiger charge is 2.23. The molecular formula is C34H47BrN10O5SSi. The predicted octanol–water partition coefficient (Wildman–Crippen LogP) is 6.06. The third-order valence-electron chi connectivity index (χ3n) is 7.00. The molecule has 0 saturated heterocycles. The third kappa shape index (κ3) is 11.6. The number of rotatable bonds is 10. The van der Waals surface area contributed by atoms with Gasteiger partial charge < -0.3 is 30.2 Å². The van der Waals surface area contributed by atoms with Gasteiger partial charge in [-0.15, -0.1) is 0 Å². The van der Waals surface area contributed by atoms with Crippen LogP contribution in [0.4, 0.5) is 11.5 Å². The number of pyridine rings is 1. The average molecular weight is 816 g/mol. The van der Waals surface area contributed by atoms with Crippen molar-refractivity contribution in [2.24, 2.45) is 0 Å². The number of hydrogen-bond acceptors (Lipinski definition) is 11. The van der Waals surface area contributed by atoms with Gasteiger partial charge in [-0.05, 0) is 75.6 Å². The molecule has 0 saturated carbocycles. The number of aromatic nitrogens is 7. The molecule has 18 heteroatoms. The fraction of sp³-hybridized carbons (Fsp3) is 0.441. The lowest BCUT2D eigenvalue weighted by molar-refractivity contribution is 0.0884. The van der Waals surface area contributed by atoms with Crippen LogP contribution in [-0.2, 0) is 21.3 Å². The van der Waals surface area contributed by atoms with Gasteiger partial charge in [0.2, 0.25) is 0 Å². The first-order chi connectivity index (χ1) is 24.0. The van der Waals surface area contributed by atoms with Crippen molar-refractivity contribution in [3.05, 3.63) is 58.8 Å². The summed E-state index contributed by atoms with van der Waals surface area (Å²) in [4.78, 5) is 49.4. The molecule has 2 amide bonds. The number of amides is 2. The first-order valence-corrected chi connectivity index (χ1v) is 22.9. The second-order valence-corrected chi connectivity index (χ2v) is 24.0. The van der Waals surface area contributed by atoms with E-state index < -0.39 is 17.9 Å². The molecule has 5 heterocycles. The number of aromatic amines is 1. The molecule has 5 rings (SSSR count). The summed E-state index contributed by atoms with van der Waals surface area (Å²) in [5, 5.41) is 8.80. The van der Waals surface area contributed by atoms with Crippen LogP contribution in [0.3, 0.4) is 0 Å². The SMILES string of the molecule is CC(C)(C)NC(=O)c1c[nH]c2ncc(Nc3ccnc(S(C)(=O)=O)c3)nc12.CC(C)(C)NC(=O)c1cn(COCC[Si](C)(C)C)c2ncc(Br)nc12. The molecule has 0 unspecified atom stereocenters. The number of hydrogen-bond donors (Lipinski definition) is 4. The van der Waals surface area contributed by atoms with E-state index in [1.54, 1.807) is 24.7 Å². The van der Waals surface area contributed by atoms with Crippen molar-refractivity contribution in [3.63, 3.8) is 0 Å². The highest BCUT2D eigenvalue weighted by atomic mass is 79.9. The molecule has 0 spiro atoms. The van der Waals surface area contributed by atoms with Crippen LogP contribution in [0.25, 0.3) is 22.3 Å². The van der Waals surface area contributed by atoms with E-state index in [0.29, 0.717) is 62.9 Å². The van der Waals surface area contributed by atoms with Gasteiger partial charge in [-0.3, -0.25) is 9.59 Å². The zero-order chi connectivity index (χ0) is 38.6. The molecule has 0 aliphatic heterocycles. The van der Waals surface area contributed by atoms with E-state index in [0.717, 1.165) is 12.3 Å². The molecule has 5 aromatic heterocycles. The maximum absolute atomic E-state index is 12.6. The van der Waals surface area contributed by atoms with Crippen molar-refractivity contribution in [2.45, 2.75) is 90.1 Å². The number of H-pyrrole nitrogens is 1. The topological polar surface area (TPSA) is 199 Å². The first kappa shape index (κ1) is 40.5. The van der Waals surface area contributed by atoms with E-state index in [1.165, 1.54) is 18.5 Å². The zero-order valence-electron chi connectivity index (χ0n) is 31.2. The Morgan fingerprint density at radius 3 is 2.21 bits per heavy atom. The van der Waals surface area contributed by atoms with Crippen molar-refractivity contribution in [3.8, 4) is 0 Å². The number of halogens is 1. The minimum Gasteiger partial charge on any atom is -0.361 e. The van der Waals surface area contributed by atoms with Gasteiger partial charge in [0, 0.05) is 56.3 Å². The molecule has 0 aliphatic rings. The van der Waals surface area contributed by atoms with Gasteiger partial charge in [0.1, 0.15) is 28.2 Å². The molecule has 0 aromatic carbocycles. The van der Waals surface area contributed by atoms with Crippen molar-refractivity contribution in [2.75, 3.05) is 18.2 Å². The molecule has 15 nitrogen and oxygen atoms in total. The Morgan fingerprint density at radius 1 is 0.942 bits per heavy atom. The fourth-order valence-electron chi connectivity index (χ4n) is 4.61. The standard InChI is InChI=1S/C17H27BrN4O2Si.C17H20N6O3S/c1-17(2,3)21-16(23)12-10-22(11-24-7-8-25(4,5)6)15-14(12)20-13(18)9-19-15;1-17(2,3)23-16(24)11-8-19-15-14(11)22-12(9-20-15)21-10-5-6-18-13(7-10)27(4,25)26/h9-10H,7-8,11H2,1-6H3,(H,21,23);5-9H,1-4H3,(H,19,20)(H,23,24)(H,18,21,22). The Bertz CT molecular complexity index is 2180. The van der Waals surface area contributed by atoms with Gasteiger partial charge in [-0.25, -0.2) is 33.3 Å². The summed E-state index contributed by atoms with van der Waals surface area (Å²) in [6, 6.07) is 4.12. The first-order valence-electron chi connectivity index (χ1n) is 16.5. The lowest BCUT2D eigenvalue weighted by Gasteiger charge is -2.20. The minimum absolute atomic E-state index is 0.0478. The van der Waals surface area contributed by atoms with Crippen molar-refractivity contribution in [1.29, 1.82) is 0 Å². The average Bonchev–Trinajstić information content (AvgIpc) is 3.58. The van der Waals surface area contributed by atoms with Crippen LogP contribution in [-0.4, -0.2) is 86.7 Å². The van der Waals surface area contributed by atoms with Gasteiger partial charge in [0.15, 0.2) is 26.2 Å². The molecule has 0 fully saturated rings. The summed E-state index contributed by atoms with van der Waals surface area (Å²) < 4.78 is 31.5. The largest absolute Gasteiger partial charge is 0.361 e. The number of carbonyl (C=O) groups is 2. The lowest BCUT2D eigenvalue weighted by atomic mass is 10.1. The van der Waals surface area contributed by atoms with E-state index in [2.05, 4.69) is 81.4 Å². The highest BCUT2D eigenvalue weighted by Crippen LogP contribution is 2.23. The number of fused-ring (bicyclic) bond motifs is 2. The second-order valence-electron chi connectivity index (χ2n) is 15.6. The molecule has 5 aromatic rings. The predicted molar refractivity (Wildman–Crippen MR) is 208 cm³/mol. The smallest absolute Gasteiger partial charge is 0.255 e. The second kappa shape index (κ2) is 15.8. The summed E-state index contributed by atoms with van der Waals surface area (Å²) in [5.41, 5.74) is 2.79. The summed E-state index contributed by atoms with van der Waals surface area (Å²) in [6.07, 6.45) is 8.93. The van der Waals surface area contributed by atoms with Crippen LogP contribution < -0.4 is 16.0 Å². The monoisotopic (exact) mass is 814 g/mol. The maximum atomic E-state index is 12.6. The Labute approximate surface area is 313 Å². The van der Waals surface area contributed by atoms with Crippen molar-refractivity contribution in [1.82, 2.24) is 45.1 Å². The number of anilines is 2. The van der Waals surface area contributed by atoms with Crippen molar-refractivity contribution >= 4 is 79.5 Å². The molecule has 0 aliphatic carbocycles. The van der Waals surface area contributed by atoms with Crippen LogP contribution in [0.2, 0.25) is 25.7 Å². The van der Waals surface area contributed by atoms with Gasteiger partial charge >= 0.3 is 0 Å². The maximum Gasteiger partial charge on any atom is 0.255 e. The van der Waals surface area contributed by atoms with Crippen LogP contribution in [0.1, 0.15) is 62.3 Å². The van der Waals surface area contributed by atoms with E-state index >= 15 is 0 Å². The fourth-order valence-corrected chi connectivity index (χ4v) is 6.24. The van der Waals surface area contributed by atoms with Gasteiger partial charge in [-0.2, -0.15) is 0 Å². The summed E-state index contributed by atoms with van der Waals surface area (Å²) in [7, 11) is -4.55. The lowest BCUT2D eigenvalue weighted by Crippen LogP contribution is -2.40. The molecule has 52 heavy (non-hydrogen) atoms. The zero-order valence-corrected chi connectivity index (χ0v) is 34.6. The number of nitrogens with one attached hydrogen (secondary N) is 4. The van der Waals surface area contributed by atoms with E-state index in [9.17, 15) is 18.0 Å². The summed E-state index contributed by atoms with van der Waals surface area (Å²) >= 11 is 3.33. The number of ether oxygens (including phenoxy) is 1. The van der Waals surface area contributed by atoms with Crippen LogP contribution in [0.15, 0.2) is 52.7 Å². The Kier molecular flexibility index (Phi) is 12.3. The number of nitrogens with zero attached hydrogens (tertiary/aromatic N) is 6. The molecule has 0 atom stereocenters. The Hall–Kier alpha value is -4.26. The van der Waals surface area contributed by atoms with E-state index in [4.69, 9.17) is 4.74 Å². The molecule has 0 bridgehead atoms. The Morgan fingerprint density at radius 2 is 1.60 bits per heavy atom. The van der Waals surface area contributed by atoms with Crippen LogP contribution >= 0.6 is 15.9 Å². The summed E-state index contributed by atoms with van der Waals surface area (Å²) in [5.74, 6) is -0.0493. The quantitative estimate of drug-likeness (QED) is 0.0944. The molecule has 0 radical (unpaired) electrons. The minimum atomic E-state index is -3.42. The Balaban J connectivity index is 0.000000234. The molecule has 4 N–H and O–H groups in total.